The average molecular weight is 292 g/mol. The van der Waals surface area contributed by atoms with Gasteiger partial charge < -0.3 is 4.90 Å². The van der Waals surface area contributed by atoms with Crippen LogP contribution in [0.15, 0.2) is 30.6 Å². The van der Waals surface area contributed by atoms with Gasteiger partial charge in [0.05, 0.1) is 6.54 Å². The second-order valence-electron chi connectivity index (χ2n) is 4.87. The number of aromatic nitrogens is 2. The fourth-order valence-electron chi connectivity index (χ4n) is 2.39. The van der Waals surface area contributed by atoms with Crippen LogP contribution in [0.5, 0.6) is 0 Å². The van der Waals surface area contributed by atoms with E-state index in [9.17, 15) is 4.79 Å². The van der Waals surface area contributed by atoms with E-state index in [1.807, 2.05) is 36.1 Å². The third kappa shape index (κ3) is 2.36. The second-order valence-corrected chi connectivity index (χ2v) is 5.31. The van der Waals surface area contributed by atoms with Gasteiger partial charge in [0, 0.05) is 30.7 Å². The number of aryl methyl sites for hydroxylation is 1. The van der Waals surface area contributed by atoms with Crippen LogP contribution in [0, 0.1) is 6.92 Å². The molecule has 0 radical (unpaired) electrons. The summed E-state index contributed by atoms with van der Waals surface area (Å²) >= 11 is 5.98. The molecule has 0 spiro atoms. The van der Waals surface area contributed by atoms with Crippen molar-refractivity contribution >= 4 is 23.3 Å². The van der Waals surface area contributed by atoms with E-state index in [0.29, 0.717) is 24.7 Å². The van der Waals surface area contributed by atoms with E-state index in [1.54, 1.807) is 11.2 Å². The van der Waals surface area contributed by atoms with E-state index in [4.69, 9.17) is 11.6 Å². The third-order valence-electron chi connectivity index (χ3n) is 3.55. The van der Waals surface area contributed by atoms with Gasteiger partial charge in [-0.1, -0.05) is 17.7 Å². The molecule has 3 rings (SSSR count). The van der Waals surface area contributed by atoms with Crippen molar-refractivity contribution < 1.29 is 9.78 Å². The van der Waals surface area contributed by atoms with Crippen molar-refractivity contribution in [2.24, 2.45) is 0 Å². The van der Waals surface area contributed by atoms with Gasteiger partial charge in [0.2, 0.25) is 6.33 Å². The van der Waals surface area contributed by atoms with E-state index in [1.165, 1.54) is 0 Å². The van der Waals surface area contributed by atoms with Crippen LogP contribution < -0.4 is 9.88 Å². The fourth-order valence-corrected chi connectivity index (χ4v) is 2.58. The number of rotatable bonds is 3. The molecule has 104 valence electrons. The van der Waals surface area contributed by atoms with E-state index in [2.05, 4.69) is 9.97 Å². The van der Waals surface area contributed by atoms with Gasteiger partial charge in [-0.2, -0.15) is 0 Å². The minimum absolute atomic E-state index is 0.0151. The van der Waals surface area contributed by atoms with Gasteiger partial charge >= 0.3 is 6.03 Å². The molecule has 1 aliphatic heterocycles. The van der Waals surface area contributed by atoms with Crippen molar-refractivity contribution in [1.29, 1.82) is 0 Å². The summed E-state index contributed by atoms with van der Waals surface area (Å²) in [7, 11) is 0. The maximum atomic E-state index is 12.4. The molecule has 0 unspecified atom stereocenters. The Morgan fingerprint density at radius 1 is 1.40 bits per heavy atom. The summed E-state index contributed by atoms with van der Waals surface area (Å²) in [6, 6.07) is 7.40. The number of nitrogens with one attached hydrogen (secondary N) is 2. The van der Waals surface area contributed by atoms with E-state index in [-0.39, 0.29) is 6.03 Å². The Morgan fingerprint density at radius 3 is 2.95 bits per heavy atom. The summed E-state index contributed by atoms with van der Waals surface area (Å²) in [5.74, 6) is 0. The Labute approximate surface area is 122 Å². The van der Waals surface area contributed by atoms with E-state index in [0.717, 1.165) is 17.1 Å². The normalized spacial score (nSPS) is 15.2. The van der Waals surface area contributed by atoms with Gasteiger partial charge in [-0.3, -0.25) is 4.90 Å². The Balaban J connectivity index is 1.76. The minimum Gasteiger partial charge on any atom is -0.314 e. The van der Waals surface area contributed by atoms with Crippen molar-refractivity contribution in [3.05, 3.63) is 47.0 Å². The second kappa shape index (κ2) is 5.17. The predicted molar refractivity (Wildman–Crippen MR) is 76.7 cm³/mol. The smallest absolute Gasteiger partial charge is 0.314 e. The lowest BCUT2D eigenvalue weighted by Gasteiger charge is -2.17. The molecule has 0 saturated carbocycles. The molecule has 1 aromatic carbocycles. The van der Waals surface area contributed by atoms with Crippen LogP contribution in [0.25, 0.3) is 0 Å². The van der Waals surface area contributed by atoms with Gasteiger partial charge in [0.25, 0.3) is 0 Å². The number of carbonyl (C=O) groups excluding carboxylic acids is 1. The van der Waals surface area contributed by atoms with Gasteiger partial charge in [-0.15, -0.1) is 0 Å². The highest BCUT2D eigenvalue weighted by molar-refractivity contribution is 6.30. The van der Waals surface area contributed by atoms with Crippen LogP contribution in [-0.2, 0) is 6.54 Å². The summed E-state index contributed by atoms with van der Waals surface area (Å²) in [6.45, 7) is 3.97. The predicted octanol–water partition coefficient (Wildman–Crippen LogP) is 2.23. The molecule has 2 N–H and O–H groups in total. The molecule has 20 heavy (non-hydrogen) atoms. The average Bonchev–Trinajstić information content (AvgIpc) is 2.98. The number of imidazole rings is 1. The summed E-state index contributed by atoms with van der Waals surface area (Å²) in [6.07, 6.45) is 1.78. The van der Waals surface area contributed by atoms with Crippen molar-refractivity contribution in [2.45, 2.75) is 13.5 Å². The number of halogens is 1. The summed E-state index contributed by atoms with van der Waals surface area (Å²) < 4.78 is 0. The minimum atomic E-state index is 0.0151. The van der Waals surface area contributed by atoms with Crippen LogP contribution in [0.3, 0.4) is 0 Å². The van der Waals surface area contributed by atoms with Crippen LogP contribution >= 0.6 is 11.6 Å². The molecular formula is C14H16ClN4O+. The molecule has 6 heteroatoms. The van der Waals surface area contributed by atoms with Gasteiger partial charge in [0.15, 0.2) is 5.69 Å². The van der Waals surface area contributed by atoms with Gasteiger partial charge in [-0.05, 0) is 18.2 Å². The Kier molecular flexibility index (Phi) is 3.36. The highest BCUT2D eigenvalue weighted by atomic mass is 35.5. The zero-order valence-electron chi connectivity index (χ0n) is 11.2. The highest BCUT2D eigenvalue weighted by Crippen LogP contribution is 2.24. The molecule has 1 aromatic heterocycles. The van der Waals surface area contributed by atoms with Crippen LogP contribution in [0.1, 0.15) is 11.4 Å². The number of urea groups is 1. The number of carbonyl (C=O) groups is 1. The molecule has 1 saturated heterocycles. The van der Waals surface area contributed by atoms with Gasteiger partial charge in [-0.25, -0.2) is 14.8 Å². The van der Waals surface area contributed by atoms with E-state index < -0.39 is 0 Å². The Morgan fingerprint density at radius 2 is 2.25 bits per heavy atom. The number of hydrogen-bond acceptors (Lipinski definition) is 1. The van der Waals surface area contributed by atoms with Crippen LogP contribution in [-0.4, -0.2) is 29.0 Å². The highest BCUT2D eigenvalue weighted by Gasteiger charge is 2.30. The molecule has 2 amide bonds. The lowest BCUT2D eigenvalue weighted by Crippen LogP contribution is -2.32. The first-order valence-electron chi connectivity index (χ1n) is 6.51. The summed E-state index contributed by atoms with van der Waals surface area (Å²) in [4.78, 5) is 22.2. The molecule has 5 nitrogen and oxygen atoms in total. The first-order chi connectivity index (χ1) is 9.65. The van der Waals surface area contributed by atoms with Gasteiger partial charge in [0.1, 0.15) is 5.69 Å². The summed E-state index contributed by atoms with van der Waals surface area (Å²) in [5.41, 5.74) is 2.94. The van der Waals surface area contributed by atoms with Crippen molar-refractivity contribution in [3.63, 3.8) is 0 Å². The molecule has 2 aromatic rings. The molecule has 0 bridgehead atoms. The first kappa shape index (κ1) is 13.0. The Hall–Kier alpha value is -2.01. The fraction of sp³-hybridized carbons (Fsp3) is 0.286. The molecule has 0 aliphatic carbocycles. The number of amides is 2. The Bertz CT molecular complexity index is 640. The SMILES string of the molecule is Cc1[nH]c[nH+]c1CN1CCN(c2cccc(Cl)c2)C1=O. The van der Waals surface area contributed by atoms with Crippen molar-refractivity contribution in [2.75, 3.05) is 18.0 Å². The monoisotopic (exact) mass is 291 g/mol. The number of H-pyrrole nitrogens is 2. The zero-order valence-corrected chi connectivity index (χ0v) is 11.9. The molecule has 2 heterocycles. The molecule has 1 fully saturated rings. The van der Waals surface area contributed by atoms with Crippen LogP contribution in [0.2, 0.25) is 5.02 Å². The topological polar surface area (TPSA) is 53.5 Å². The number of anilines is 1. The van der Waals surface area contributed by atoms with Crippen LogP contribution in [0.4, 0.5) is 10.5 Å². The summed E-state index contributed by atoms with van der Waals surface area (Å²) in [5, 5.41) is 0.642. The quantitative estimate of drug-likeness (QED) is 0.926. The lowest BCUT2D eigenvalue weighted by atomic mass is 10.3. The molecular weight excluding hydrogens is 276 g/mol. The zero-order chi connectivity index (χ0) is 14.1. The first-order valence-corrected chi connectivity index (χ1v) is 6.89. The number of aromatic amines is 2. The lowest BCUT2D eigenvalue weighted by molar-refractivity contribution is -0.389. The largest absolute Gasteiger partial charge is 0.325 e. The standard InChI is InChI=1S/C14H15ClN4O/c1-10-13(17-9-16-10)8-18-5-6-19(14(18)20)12-4-2-3-11(15)7-12/h2-4,7,9H,5-6,8H2,1H3,(H,16,17)/p+1. The number of nitrogens with zero attached hydrogens (tertiary/aromatic N) is 2. The third-order valence-corrected chi connectivity index (χ3v) is 3.79. The maximum Gasteiger partial charge on any atom is 0.325 e. The maximum absolute atomic E-state index is 12.4. The molecule has 0 atom stereocenters. The number of benzene rings is 1. The van der Waals surface area contributed by atoms with Crippen molar-refractivity contribution in [1.82, 2.24) is 9.88 Å². The number of hydrogen-bond donors (Lipinski definition) is 1. The van der Waals surface area contributed by atoms with E-state index >= 15 is 0 Å². The van der Waals surface area contributed by atoms with Crippen molar-refractivity contribution in [3.8, 4) is 0 Å². The molecule has 1 aliphatic rings.